The van der Waals surface area contributed by atoms with E-state index >= 15 is 0 Å². The molecule has 0 aliphatic heterocycles. The van der Waals surface area contributed by atoms with Crippen LogP contribution >= 0.6 is 11.5 Å². The van der Waals surface area contributed by atoms with Crippen molar-refractivity contribution in [1.82, 2.24) is 9.59 Å². The summed E-state index contributed by atoms with van der Waals surface area (Å²) in [5, 5.41) is 3.75. The number of hydrogen-bond donors (Lipinski definition) is 1. The molecule has 2 N–H and O–H groups in total. The van der Waals surface area contributed by atoms with Crippen molar-refractivity contribution in [2.75, 3.05) is 5.73 Å². The number of rotatable bonds is 1. The van der Waals surface area contributed by atoms with Crippen molar-refractivity contribution in [3.05, 3.63) is 30.5 Å². The predicted molar refractivity (Wildman–Crippen MR) is 49.8 cm³/mol. The fourth-order valence-corrected chi connectivity index (χ4v) is 1.57. The molecule has 0 fully saturated rings. The molecule has 1 aromatic heterocycles. The molecule has 0 spiro atoms. The van der Waals surface area contributed by atoms with Crippen LogP contribution in [0.25, 0.3) is 10.4 Å². The van der Waals surface area contributed by atoms with Crippen molar-refractivity contribution in [3.8, 4) is 10.4 Å². The number of benzene rings is 1. The summed E-state index contributed by atoms with van der Waals surface area (Å²) in [4.78, 5) is 1.01. The average molecular weight is 177 g/mol. The molecule has 0 bridgehead atoms. The fraction of sp³-hybridized carbons (Fsp3) is 0. The number of nitrogen functional groups attached to an aromatic ring is 1. The van der Waals surface area contributed by atoms with Gasteiger partial charge in [0, 0.05) is 11.3 Å². The van der Waals surface area contributed by atoms with E-state index < -0.39 is 0 Å². The highest BCUT2D eigenvalue weighted by molar-refractivity contribution is 7.09. The van der Waals surface area contributed by atoms with E-state index in [1.54, 1.807) is 6.20 Å². The maximum absolute atomic E-state index is 5.76. The van der Waals surface area contributed by atoms with Crippen molar-refractivity contribution in [2.24, 2.45) is 0 Å². The molecule has 0 radical (unpaired) electrons. The summed E-state index contributed by atoms with van der Waals surface area (Å²) in [5.74, 6) is 0. The Balaban J connectivity index is 2.55. The van der Waals surface area contributed by atoms with Crippen LogP contribution in [0.3, 0.4) is 0 Å². The van der Waals surface area contributed by atoms with Crippen LogP contribution in [-0.4, -0.2) is 9.59 Å². The minimum Gasteiger partial charge on any atom is -0.398 e. The van der Waals surface area contributed by atoms with Crippen LogP contribution in [0.5, 0.6) is 0 Å². The highest BCUT2D eigenvalue weighted by Crippen LogP contribution is 2.26. The van der Waals surface area contributed by atoms with Crippen LogP contribution in [0.1, 0.15) is 0 Å². The Kier molecular flexibility index (Phi) is 1.75. The quantitative estimate of drug-likeness (QED) is 0.675. The van der Waals surface area contributed by atoms with Gasteiger partial charge >= 0.3 is 0 Å². The Morgan fingerprint density at radius 2 is 2.08 bits per heavy atom. The number of nitrogens with two attached hydrogens (primary N) is 1. The van der Waals surface area contributed by atoms with E-state index in [4.69, 9.17) is 5.73 Å². The Morgan fingerprint density at radius 3 is 2.75 bits per heavy atom. The third kappa shape index (κ3) is 1.16. The average Bonchev–Trinajstić information content (AvgIpc) is 2.57. The zero-order valence-corrected chi connectivity index (χ0v) is 7.08. The van der Waals surface area contributed by atoms with Crippen LogP contribution in [0.15, 0.2) is 30.5 Å². The van der Waals surface area contributed by atoms with Gasteiger partial charge in [-0.25, -0.2) is 0 Å². The first-order chi connectivity index (χ1) is 5.88. The maximum atomic E-state index is 5.76. The summed E-state index contributed by atoms with van der Waals surface area (Å²) >= 11 is 1.35. The number of nitrogens with zero attached hydrogens (tertiary/aromatic N) is 2. The number of anilines is 1. The summed E-state index contributed by atoms with van der Waals surface area (Å²) in [7, 11) is 0. The van der Waals surface area contributed by atoms with Crippen molar-refractivity contribution >= 4 is 17.2 Å². The Hall–Kier alpha value is -1.42. The lowest BCUT2D eigenvalue weighted by Gasteiger charge is -1.98. The smallest absolute Gasteiger partial charge is 0.0774 e. The molecule has 0 saturated heterocycles. The van der Waals surface area contributed by atoms with E-state index in [9.17, 15) is 0 Å². The van der Waals surface area contributed by atoms with Gasteiger partial charge in [0.15, 0.2) is 0 Å². The normalized spacial score (nSPS) is 10.0. The summed E-state index contributed by atoms with van der Waals surface area (Å²) in [6.45, 7) is 0. The molecule has 2 rings (SSSR count). The van der Waals surface area contributed by atoms with E-state index in [0.717, 1.165) is 16.1 Å². The van der Waals surface area contributed by atoms with E-state index in [1.165, 1.54) is 11.5 Å². The van der Waals surface area contributed by atoms with Gasteiger partial charge in [0.05, 0.1) is 11.1 Å². The second-order valence-corrected chi connectivity index (χ2v) is 3.15. The molecule has 0 aliphatic carbocycles. The fourth-order valence-electron chi connectivity index (χ4n) is 1.01. The highest BCUT2D eigenvalue weighted by Gasteiger charge is 2.02. The molecule has 0 unspecified atom stereocenters. The van der Waals surface area contributed by atoms with Gasteiger partial charge in [0.25, 0.3) is 0 Å². The predicted octanol–water partition coefficient (Wildman–Crippen LogP) is 1.79. The van der Waals surface area contributed by atoms with Gasteiger partial charge in [0.2, 0.25) is 0 Å². The van der Waals surface area contributed by atoms with Gasteiger partial charge in [-0.1, -0.05) is 22.7 Å². The Morgan fingerprint density at radius 1 is 1.25 bits per heavy atom. The monoisotopic (exact) mass is 177 g/mol. The molecule has 0 amide bonds. The first kappa shape index (κ1) is 7.24. The molecule has 60 valence electrons. The molecule has 0 aliphatic rings. The van der Waals surface area contributed by atoms with E-state index in [-0.39, 0.29) is 0 Å². The van der Waals surface area contributed by atoms with E-state index in [1.807, 2.05) is 24.3 Å². The lowest BCUT2D eigenvalue weighted by Crippen LogP contribution is -1.86. The standard InChI is InChI=1S/C8H7N3S/c9-7-4-2-1-3-6(7)8-5-10-11-12-8/h1-5H,9H2. The molecule has 0 saturated carbocycles. The number of aromatic nitrogens is 2. The molecule has 2 aromatic rings. The molecule has 1 aromatic carbocycles. The lowest BCUT2D eigenvalue weighted by atomic mass is 10.1. The molecule has 4 heteroatoms. The summed E-state index contributed by atoms with van der Waals surface area (Å²) in [6.07, 6.45) is 1.72. The SMILES string of the molecule is Nc1ccccc1-c1cnns1. The topological polar surface area (TPSA) is 51.8 Å². The van der Waals surface area contributed by atoms with Gasteiger partial charge in [0.1, 0.15) is 0 Å². The third-order valence-electron chi connectivity index (χ3n) is 1.59. The summed E-state index contributed by atoms with van der Waals surface area (Å²) in [6, 6.07) is 7.69. The van der Waals surface area contributed by atoms with Crippen LogP contribution in [-0.2, 0) is 0 Å². The highest BCUT2D eigenvalue weighted by atomic mass is 32.1. The third-order valence-corrected chi connectivity index (χ3v) is 2.29. The van der Waals surface area contributed by atoms with Crippen LogP contribution < -0.4 is 5.73 Å². The largest absolute Gasteiger partial charge is 0.398 e. The molecular formula is C8H7N3S. The minimum absolute atomic E-state index is 0.767. The molecule has 1 heterocycles. The van der Waals surface area contributed by atoms with Gasteiger partial charge in [-0.05, 0) is 17.6 Å². The molecular weight excluding hydrogens is 170 g/mol. The zero-order chi connectivity index (χ0) is 8.39. The zero-order valence-electron chi connectivity index (χ0n) is 6.27. The molecule has 12 heavy (non-hydrogen) atoms. The van der Waals surface area contributed by atoms with Crippen LogP contribution in [0.2, 0.25) is 0 Å². The number of para-hydroxylation sites is 1. The first-order valence-electron chi connectivity index (χ1n) is 3.50. The van der Waals surface area contributed by atoms with Crippen molar-refractivity contribution in [2.45, 2.75) is 0 Å². The molecule has 3 nitrogen and oxygen atoms in total. The summed E-state index contributed by atoms with van der Waals surface area (Å²) in [5.41, 5.74) is 7.54. The second kappa shape index (κ2) is 2.91. The number of hydrogen-bond acceptors (Lipinski definition) is 4. The van der Waals surface area contributed by atoms with Gasteiger partial charge in [-0.2, -0.15) is 0 Å². The summed E-state index contributed by atoms with van der Waals surface area (Å²) < 4.78 is 3.78. The van der Waals surface area contributed by atoms with Crippen LogP contribution in [0, 0.1) is 0 Å². The van der Waals surface area contributed by atoms with Crippen molar-refractivity contribution in [3.63, 3.8) is 0 Å². The maximum Gasteiger partial charge on any atom is 0.0774 e. The Bertz CT molecular complexity index is 370. The van der Waals surface area contributed by atoms with E-state index in [2.05, 4.69) is 9.59 Å². The minimum atomic E-state index is 0.767. The van der Waals surface area contributed by atoms with Crippen molar-refractivity contribution in [1.29, 1.82) is 0 Å². The van der Waals surface area contributed by atoms with Gasteiger partial charge < -0.3 is 5.73 Å². The van der Waals surface area contributed by atoms with Crippen LogP contribution in [0.4, 0.5) is 5.69 Å². The molecule has 0 atom stereocenters. The van der Waals surface area contributed by atoms with Gasteiger partial charge in [-0.3, -0.25) is 0 Å². The van der Waals surface area contributed by atoms with Crippen molar-refractivity contribution < 1.29 is 0 Å². The first-order valence-corrected chi connectivity index (χ1v) is 4.27. The Labute approximate surface area is 74.0 Å². The second-order valence-electron chi connectivity index (χ2n) is 2.37. The van der Waals surface area contributed by atoms with E-state index in [0.29, 0.717) is 0 Å². The van der Waals surface area contributed by atoms with Gasteiger partial charge in [-0.15, -0.1) is 5.10 Å². The lowest BCUT2D eigenvalue weighted by molar-refractivity contribution is 1.16.